The molecule has 0 atom stereocenters. The van der Waals surface area contributed by atoms with Gasteiger partial charge >= 0.3 is 0 Å². The normalized spacial score (nSPS) is 16.1. The molecule has 0 saturated heterocycles. The lowest BCUT2D eigenvalue weighted by atomic mass is 10.1. The summed E-state index contributed by atoms with van der Waals surface area (Å²) >= 11 is 0. The molecule has 1 fully saturated rings. The summed E-state index contributed by atoms with van der Waals surface area (Å²) in [6, 6.07) is 7.20. The smallest absolute Gasteiger partial charge is 0.165 e. The first kappa shape index (κ1) is 7.53. The van der Waals surface area contributed by atoms with Crippen LogP contribution in [0.1, 0.15) is 28.8 Å². The highest BCUT2D eigenvalue weighted by Gasteiger charge is 2.30. The molecule has 0 N–H and O–H groups in total. The third-order valence-corrected chi connectivity index (χ3v) is 2.12. The quantitative estimate of drug-likeness (QED) is 0.604. The summed E-state index contributed by atoms with van der Waals surface area (Å²) in [6.07, 6.45) is 2.10. The molecular weight excluding hydrogens is 148 g/mol. The summed E-state index contributed by atoms with van der Waals surface area (Å²) in [5.41, 5.74) is 1.43. The fraction of sp³-hybridized carbons (Fsp3) is 0.273. The molecule has 0 amide bonds. The maximum Gasteiger partial charge on any atom is 0.165 e. The van der Waals surface area contributed by atoms with Gasteiger partial charge in [-0.3, -0.25) is 4.79 Å². The average molecular weight is 158 g/mol. The number of rotatable bonds is 2. The van der Waals surface area contributed by atoms with E-state index in [2.05, 4.69) is 0 Å². The number of ketones is 1. The van der Waals surface area contributed by atoms with Gasteiger partial charge in [0.15, 0.2) is 5.78 Å². The SMILES string of the molecule is [CH]c1cccc(C(=O)C2CC2)c1. The Morgan fingerprint density at radius 2 is 2.17 bits per heavy atom. The fourth-order valence-corrected chi connectivity index (χ4v) is 1.27. The van der Waals surface area contributed by atoms with E-state index in [1.54, 1.807) is 12.1 Å². The van der Waals surface area contributed by atoms with Gasteiger partial charge in [-0.1, -0.05) is 18.2 Å². The van der Waals surface area contributed by atoms with E-state index in [-0.39, 0.29) is 11.7 Å². The molecule has 0 bridgehead atoms. The van der Waals surface area contributed by atoms with Gasteiger partial charge in [-0.15, -0.1) is 0 Å². The molecule has 0 aliphatic heterocycles. The molecule has 0 unspecified atom stereocenters. The van der Waals surface area contributed by atoms with E-state index in [1.165, 1.54) is 0 Å². The summed E-state index contributed by atoms with van der Waals surface area (Å²) in [7, 11) is 0. The Morgan fingerprint density at radius 1 is 1.42 bits per heavy atom. The predicted octanol–water partition coefficient (Wildman–Crippen LogP) is 2.34. The van der Waals surface area contributed by atoms with Crippen molar-refractivity contribution < 1.29 is 4.79 Å². The minimum absolute atomic E-state index is 0.252. The van der Waals surface area contributed by atoms with Crippen molar-refractivity contribution in [1.29, 1.82) is 0 Å². The van der Waals surface area contributed by atoms with E-state index in [9.17, 15) is 4.79 Å². The Hall–Kier alpha value is -1.11. The molecule has 12 heavy (non-hydrogen) atoms. The topological polar surface area (TPSA) is 17.1 Å². The minimum atomic E-state index is 0.252. The maximum atomic E-state index is 11.5. The van der Waals surface area contributed by atoms with E-state index in [1.807, 2.05) is 12.1 Å². The van der Waals surface area contributed by atoms with Crippen molar-refractivity contribution >= 4 is 5.78 Å². The first-order chi connectivity index (χ1) is 5.77. The number of benzene rings is 1. The molecule has 2 rings (SSSR count). The van der Waals surface area contributed by atoms with E-state index in [0.717, 1.165) is 18.4 Å². The third-order valence-electron chi connectivity index (χ3n) is 2.12. The van der Waals surface area contributed by atoms with Gasteiger partial charge in [0, 0.05) is 11.5 Å². The lowest BCUT2D eigenvalue weighted by Gasteiger charge is -1.98. The highest BCUT2D eigenvalue weighted by Crippen LogP contribution is 2.32. The highest BCUT2D eigenvalue weighted by molar-refractivity contribution is 5.99. The number of carbonyl (C=O) groups excluding carboxylic acids is 1. The van der Waals surface area contributed by atoms with E-state index >= 15 is 0 Å². The lowest BCUT2D eigenvalue weighted by Crippen LogP contribution is -2.00. The number of Topliss-reactive ketones (excluding diaryl/α,β-unsaturated/α-hetero) is 1. The first-order valence-corrected chi connectivity index (χ1v) is 4.17. The Morgan fingerprint density at radius 3 is 2.75 bits per heavy atom. The molecular formula is C11H10O. The second kappa shape index (κ2) is 2.74. The second-order valence-corrected chi connectivity index (χ2v) is 3.26. The lowest BCUT2D eigenvalue weighted by molar-refractivity contribution is 0.0967. The molecule has 1 heteroatoms. The molecule has 0 aromatic heterocycles. The number of hydrogen-bond acceptors (Lipinski definition) is 1. The monoisotopic (exact) mass is 158 g/mol. The molecule has 2 radical (unpaired) electrons. The van der Waals surface area contributed by atoms with Gasteiger partial charge in [0.1, 0.15) is 0 Å². The number of hydrogen-bond donors (Lipinski definition) is 0. The molecule has 0 heterocycles. The van der Waals surface area contributed by atoms with Crippen molar-refractivity contribution in [3.8, 4) is 0 Å². The van der Waals surface area contributed by atoms with Crippen molar-refractivity contribution in [2.45, 2.75) is 12.8 Å². The number of carbonyl (C=O) groups is 1. The van der Waals surface area contributed by atoms with Crippen LogP contribution in [0.5, 0.6) is 0 Å². The van der Waals surface area contributed by atoms with Crippen molar-refractivity contribution in [3.05, 3.63) is 42.3 Å². The van der Waals surface area contributed by atoms with Gasteiger partial charge in [-0.25, -0.2) is 0 Å². The Bertz CT molecular complexity index is 311. The van der Waals surface area contributed by atoms with Gasteiger partial charge in [-0.2, -0.15) is 0 Å². The first-order valence-electron chi connectivity index (χ1n) is 4.17. The molecule has 1 nitrogen and oxygen atoms in total. The maximum absolute atomic E-state index is 11.5. The summed E-state index contributed by atoms with van der Waals surface area (Å²) in [6.45, 7) is 5.56. The second-order valence-electron chi connectivity index (χ2n) is 3.26. The van der Waals surface area contributed by atoms with Crippen LogP contribution >= 0.6 is 0 Å². The summed E-state index contributed by atoms with van der Waals surface area (Å²) in [5, 5.41) is 0. The average Bonchev–Trinajstić information content (AvgIpc) is 2.85. The van der Waals surface area contributed by atoms with Crippen LogP contribution in [0.15, 0.2) is 24.3 Å². The molecule has 1 saturated carbocycles. The van der Waals surface area contributed by atoms with Gasteiger partial charge in [0.05, 0.1) is 0 Å². The van der Waals surface area contributed by atoms with Gasteiger partial charge in [0.2, 0.25) is 0 Å². The van der Waals surface area contributed by atoms with Gasteiger partial charge < -0.3 is 0 Å². The van der Waals surface area contributed by atoms with E-state index < -0.39 is 0 Å². The molecule has 1 aliphatic rings. The summed E-state index contributed by atoms with van der Waals surface area (Å²) in [5.74, 6) is 0.536. The molecule has 1 aromatic carbocycles. The van der Waals surface area contributed by atoms with Crippen molar-refractivity contribution in [2.24, 2.45) is 5.92 Å². The standard InChI is InChI=1S/C11H10O/c1-8-3-2-4-10(7-8)11(12)9-5-6-9/h1-4,7,9H,5-6H2. The Balaban J connectivity index is 2.26. The minimum Gasteiger partial charge on any atom is -0.294 e. The van der Waals surface area contributed by atoms with Gasteiger partial charge in [0.25, 0.3) is 0 Å². The zero-order chi connectivity index (χ0) is 8.55. The van der Waals surface area contributed by atoms with Crippen LogP contribution in [0, 0.1) is 12.8 Å². The Labute approximate surface area is 72.4 Å². The van der Waals surface area contributed by atoms with Crippen LogP contribution in [0.4, 0.5) is 0 Å². The van der Waals surface area contributed by atoms with Crippen LogP contribution in [0.2, 0.25) is 0 Å². The van der Waals surface area contributed by atoms with Crippen molar-refractivity contribution in [1.82, 2.24) is 0 Å². The van der Waals surface area contributed by atoms with Gasteiger partial charge in [-0.05, 0) is 31.4 Å². The molecule has 1 aromatic rings. The van der Waals surface area contributed by atoms with Crippen LogP contribution < -0.4 is 0 Å². The van der Waals surface area contributed by atoms with Crippen molar-refractivity contribution in [3.63, 3.8) is 0 Å². The van der Waals surface area contributed by atoms with Crippen LogP contribution in [-0.2, 0) is 0 Å². The molecule has 60 valence electrons. The van der Waals surface area contributed by atoms with E-state index in [0.29, 0.717) is 5.56 Å². The highest BCUT2D eigenvalue weighted by atomic mass is 16.1. The fourth-order valence-electron chi connectivity index (χ4n) is 1.27. The predicted molar refractivity (Wildman–Crippen MR) is 46.9 cm³/mol. The zero-order valence-corrected chi connectivity index (χ0v) is 6.79. The van der Waals surface area contributed by atoms with Crippen LogP contribution in [-0.4, -0.2) is 5.78 Å². The zero-order valence-electron chi connectivity index (χ0n) is 6.79. The van der Waals surface area contributed by atoms with Crippen molar-refractivity contribution in [2.75, 3.05) is 0 Å². The third kappa shape index (κ3) is 1.40. The molecule has 1 aliphatic carbocycles. The largest absolute Gasteiger partial charge is 0.294 e. The van der Waals surface area contributed by atoms with E-state index in [4.69, 9.17) is 6.92 Å². The molecule has 0 spiro atoms. The Kier molecular flexibility index (Phi) is 1.72. The van der Waals surface area contributed by atoms with Crippen LogP contribution in [0.3, 0.4) is 0 Å². The summed E-state index contributed by atoms with van der Waals surface area (Å²) in [4.78, 5) is 11.5. The van der Waals surface area contributed by atoms with Crippen LogP contribution in [0.25, 0.3) is 0 Å². The summed E-state index contributed by atoms with van der Waals surface area (Å²) < 4.78 is 0.